The molecule has 1 atom stereocenters. The predicted octanol–water partition coefficient (Wildman–Crippen LogP) is 4.55. The molecule has 4 rings (SSSR count). The number of fused-ring (bicyclic) bond motifs is 1. The molecule has 10 heteroatoms. The summed E-state index contributed by atoms with van der Waals surface area (Å²) in [7, 11) is 0. The average molecular weight is 593 g/mol. The third-order valence-electron chi connectivity index (χ3n) is 6.28. The molecule has 1 aliphatic heterocycles. The van der Waals surface area contributed by atoms with E-state index in [2.05, 4.69) is 4.99 Å². The molecule has 0 spiro atoms. The molecule has 222 valence electrons. The summed E-state index contributed by atoms with van der Waals surface area (Å²) in [5.74, 6) is 0.418. The van der Waals surface area contributed by atoms with Crippen molar-refractivity contribution in [3.8, 4) is 17.2 Å². The van der Waals surface area contributed by atoms with Gasteiger partial charge in [0.25, 0.3) is 5.56 Å². The Hall–Kier alpha value is -4.18. The maximum absolute atomic E-state index is 14.0. The Morgan fingerprint density at radius 1 is 1.07 bits per heavy atom. The van der Waals surface area contributed by atoms with Gasteiger partial charge in [-0.2, -0.15) is 0 Å². The average Bonchev–Trinajstić information content (AvgIpc) is 3.25. The number of ether oxygens (including phenoxy) is 4. The molecule has 0 amide bonds. The van der Waals surface area contributed by atoms with Gasteiger partial charge in [0.1, 0.15) is 5.75 Å². The van der Waals surface area contributed by atoms with E-state index >= 15 is 0 Å². The summed E-state index contributed by atoms with van der Waals surface area (Å²) in [4.78, 5) is 44.2. The van der Waals surface area contributed by atoms with Crippen molar-refractivity contribution in [1.82, 2.24) is 4.57 Å². The minimum Gasteiger partial charge on any atom is -0.494 e. The van der Waals surface area contributed by atoms with Crippen molar-refractivity contribution >= 4 is 29.4 Å². The maximum atomic E-state index is 14.0. The van der Waals surface area contributed by atoms with Gasteiger partial charge in [-0.3, -0.25) is 14.2 Å². The lowest BCUT2D eigenvalue weighted by molar-refractivity contribution is -0.140. The lowest BCUT2D eigenvalue weighted by atomic mass is 9.95. The van der Waals surface area contributed by atoms with Crippen LogP contribution in [-0.2, 0) is 14.3 Å². The molecule has 0 aliphatic carbocycles. The number of hydrogen-bond acceptors (Lipinski definition) is 9. The van der Waals surface area contributed by atoms with E-state index in [-0.39, 0.29) is 29.4 Å². The molecule has 0 fully saturated rings. The van der Waals surface area contributed by atoms with Crippen molar-refractivity contribution < 1.29 is 28.5 Å². The highest BCUT2D eigenvalue weighted by molar-refractivity contribution is 7.07. The molecular formula is C32H36N2O7S. The van der Waals surface area contributed by atoms with Crippen LogP contribution < -0.4 is 29.1 Å². The van der Waals surface area contributed by atoms with Crippen LogP contribution in [0.4, 0.5) is 0 Å². The van der Waals surface area contributed by atoms with Gasteiger partial charge in [0.05, 0.1) is 41.7 Å². The number of esters is 2. The second kappa shape index (κ2) is 13.7. The Morgan fingerprint density at radius 2 is 1.81 bits per heavy atom. The van der Waals surface area contributed by atoms with Gasteiger partial charge in [0.15, 0.2) is 16.3 Å². The lowest BCUT2D eigenvalue weighted by Crippen LogP contribution is -2.40. The molecule has 1 unspecified atom stereocenters. The van der Waals surface area contributed by atoms with Crippen LogP contribution in [0.3, 0.4) is 0 Å². The summed E-state index contributed by atoms with van der Waals surface area (Å²) < 4.78 is 24.4. The molecule has 9 nitrogen and oxygen atoms in total. The number of carbonyl (C=O) groups is 2. The normalized spacial score (nSPS) is 14.8. The standard InChI is InChI=1S/C32H36N2O7S/c1-7-15-39-24-12-9-22(10-13-24)16-27-30(36)34-29(23-11-14-25(41-21(6)35)26(17-23)38-8-2)28(20(5)33-32(34)42-27)31(37)40-18-19(3)4/h9-14,16-17,19,29H,7-8,15,18H2,1-6H3/b27-16+. The maximum Gasteiger partial charge on any atom is 0.338 e. The molecule has 3 aromatic rings. The molecule has 0 saturated carbocycles. The minimum atomic E-state index is -0.835. The van der Waals surface area contributed by atoms with Gasteiger partial charge in [-0.05, 0) is 67.7 Å². The third kappa shape index (κ3) is 6.99. The Balaban J connectivity index is 1.86. The van der Waals surface area contributed by atoms with E-state index in [0.29, 0.717) is 39.6 Å². The summed E-state index contributed by atoms with van der Waals surface area (Å²) in [5, 5.41) is 0. The molecule has 42 heavy (non-hydrogen) atoms. The highest BCUT2D eigenvalue weighted by Crippen LogP contribution is 2.36. The number of aromatic nitrogens is 1. The molecule has 1 aromatic heterocycles. The zero-order valence-corrected chi connectivity index (χ0v) is 25.6. The number of hydrogen-bond donors (Lipinski definition) is 0. The topological polar surface area (TPSA) is 105 Å². The third-order valence-corrected chi connectivity index (χ3v) is 7.26. The van der Waals surface area contributed by atoms with Crippen LogP contribution in [0.5, 0.6) is 17.2 Å². The summed E-state index contributed by atoms with van der Waals surface area (Å²) in [6.07, 6.45) is 2.71. The number of carbonyl (C=O) groups excluding carboxylic acids is 2. The summed E-state index contributed by atoms with van der Waals surface area (Å²) in [5.41, 5.74) is 1.84. The Bertz CT molecular complexity index is 1670. The first kappa shape index (κ1) is 30.8. The van der Waals surface area contributed by atoms with Crippen molar-refractivity contribution in [3.63, 3.8) is 0 Å². The summed E-state index contributed by atoms with van der Waals surface area (Å²) >= 11 is 1.25. The predicted molar refractivity (Wildman–Crippen MR) is 161 cm³/mol. The zero-order chi connectivity index (χ0) is 30.4. The van der Waals surface area contributed by atoms with E-state index in [4.69, 9.17) is 18.9 Å². The van der Waals surface area contributed by atoms with Gasteiger partial charge >= 0.3 is 11.9 Å². The van der Waals surface area contributed by atoms with Crippen LogP contribution in [0.15, 0.2) is 63.5 Å². The second-order valence-corrected chi connectivity index (χ2v) is 11.2. The fourth-order valence-electron chi connectivity index (χ4n) is 4.45. The Morgan fingerprint density at radius 3 is 2.45 bits per heavy atom. The fraction of sp³-hybridized carbons (Fsp3) is 0.375. The largest absolute Gasteiger partial charge is 0.494 e. The summed E-state index contributed by atoms with van der Waals surface area (Å²) in [6, 6.07) is 11.7. The van der Waals surface area contributed by atoms with E-state index in [1.165, 1.54) is 22.8 Å². The van der Waals surface area contributed by atoms with Gasteiger partial charge in [-0.25, -0.2) is 9.79 Å². The zero-order valence-electron chi connectivity index (χ0n) is 24.8. The van der Waals surface area contributed by atoms with Crippen LogP contribution >= 0.6 is 11.3 Å². The highest BCUT2D eigenvalue weighted by Gasteiger charge is 2.34. The van der Waals surface area contributed by atoms with Gasteiger partial charge in [-0.15, -0.1) is 0 Å². The van der Waals surface area contributed by atoms with Crippen LogP contribution in [0.1, 0.15) is 65.1 Å². The van der Waals surface area contributed by atoms with Crippen LogP contribution in [-0.4, -0.2) is 36.3 Å². The molecule has 2 aromatic carbocycles. The van der Waals surface area contributed by atoms with Crippen LogP contribution in [0.25, 0.3) is 6.08 Å². The first-order valence-corrected chi connectivity index (χ1v) is 14.8. The van der Waals surface area contributed by atoms with E-state index in [9.17, 15) is 14.4 Å². The van der Waals surface area contributed by atoms with E-state index in [1.807, 2.05) is 52.0 Å². The smallest absolute Gasteiger partial charge is 0.338 e. The van der Waals surface area contributed by atoms with Crippen molar-refractivity contribution in [2.24, 2.45) is 10.9 Å². The highest BCUT2D eigenvalue weighted by atomic mass is 32.1. The summed E-state index contributed by atoms with van der Waals surface area (Å²) in [6.45, 7) is 12.0. The molecule has 0 saturated heterocycles. The minimum absolute atomic E-state index is 0.126. The Kier molecular flexibility index (Phi) is 10.0. The van der Waals surface area contributed by atoms with Crippen molar-refractivity contribution in [3.05, 3.63) is 84.5 Å². The quantitative estimate of drug-likeness (QED) is 0.238. The second-order valence-electron chi connectivity index (χ2n) is 10.2. The van der Waals surface area contributed by atoms with Gasteiger partial charge in [0.2, 0.25) is 0 Å². The molecule has 0 N–H and O–H groups in total. The number of benzene rings is 2. The number of nitrogens with zero attached hydrogens (tertiary/aromatic N) is 2. The first-order valence-electron chi connectivity index (χ1n) is 14.0. The van der Waals surface area contributed by atoms with Gasteiger partial charge in [-0.1, -0.05) is 50.3 Å². The van der Waals surface area contributed by atoms with Gasteiger partial charge in [0, 0.05) is 6.92 Å². The monoisotopic (exact) mass is 592 g/mol. The number of thiazole rings is 1. The van der Waals surface area contributed by atoms with E-state index in [1.54, 1.807) is 31.2 Å². The molecule has 0 radical (unpaired) electrons. The van der Waals surface area contributed by atoms with E-state index in [0.717, 1.165) is 17.7 Å². The Labute approximate surface area is 248 Å². The van der Waals surface area contributed by atoms with Gasteiger partial charge < -0.3 is 18.9 Å². The van der Waals surface area contributed by atoms with Crippen molar-refractivity contribution in [2.75, 3.05) is 19.8 Å². The van der Waals surface area contributed by atoms with E-state index < -0.39 is 18.0 Å². The van der Waals surface area contributed by atoms with Crippen molar-refractivity contribution in [1.29, 1.82) is 0 Å². The molecule has 2 heterocycles. The number of rotatable bonds is 11. The lowest BCUT2D eigenvalue weighted by Gasteiger charge is -2.25. The van der Waals surface area contributed by atoms with Crippen LogP contribution in [0, 0.1) is 5.92 Å². The van der Waals surface area contributed by atoms with Crippen molar-refractivity contribution in [2.45, 2.75) is 54.0 Å². The molecule has 0 bridgehead atoms. The SMILES string of the molecule is CCCOc1ccc(/C=c2/sc3n(c2=O)C(c2ccc(OC(C)=O)c(OCC)c2)C(C(=O)OCC(C)C)=C(C)N=3)cc1. The number of allylic oxidation sites excluding steroid dienone is 1. The fourth-order valence-corrected chi connectivity index (χ4v) is 5.50. The first-order chi connectivity index (χ1) is 20.1. The molecule has 1 aliphatic rings. The molecular weight excluding hydrogens is 556 g/mol. The van der Waals surface area contributed by atoms with Crippen LogP contribution in [0.2, 0.25) is 0 Å².